The van der Waals surface area contributed by atoms with Gasteiger partial charge >= 0.3 is 13.7 Å². The summed E-state index contributed by atoms with van der Waals surface area (Å²) in [6, 6.07) is 7.69. The molecule has 42 heavy (non-hydrogen) atoms. The molecule has 1 unspecified atom stereocenters. The lowest BCUT2D eigenvalue weighted by Gasteiger charge is -2.36. The van der Waals surface area contributed by atoms with E-state index in [1.807, 2.05) is 13.0 Å². The number of likely N-dealkylation sites (N-methyl/N-ethyl adjacent to an activating group) is 1. The van der Waals surface area contributed by atoms with E-state index >= 15 is 0 Å². The number of hydrogen-bond donors (Lipinski definition) is 4. The van der Waals surface area contributed by atoms with E-state index in [0.29, 0.717) is 37.5 Å². The van der Waals surface area contributed by atoms with Gasteiger partial charge in [0.15, 0.2) is 11.6 Å². The number of methoxy groups -OCH3 is 1. The average molecular weight is 607 g/mol. The maximum absolute atomic E-state index is 13.7. The van der Waals surface area contributed by atoms with Crippen LogP contribution in [0.25, 0.3) is 11.4 Å². The number of benzene rings is 1. The summed E-state index contributed by atoms with van der Waals surface area (Å²) in [7, 11) is -1.45. The number of rotatable bonds is 14. The molecule has 1 aliphatic heterocycles. The summed E-state index contributed by atoms with van der Waals surface area (Å²) in [4.78, 5) is 71.4. The van der Waals surface area contributed by atoms with Gasteiger partial charge < -0.3 is 34.8 Å². The highest BCUT2D eigenvalue weighted by molar-refractivity contribution is 7.51. The number of amides is 2. The first kappa shape index (κ1) is 33.1. The molecule has 1 aromatic heterocycles. The fourth-order valence-electron chi connectivity index (χ4n) is 4.28. The van der Waals surface area contributed by atoms with E-state index in [2.05, 4.69) is 20.6 Å². The van der Waals surface area contributed by atoms with Crippen LogP contribution in [0.1, 0.15) is 30.3 Å². The first-order valence-corrected chi connectivity index (χ1v) is 15.5. The monoisotopic (exact) mass is 606 g/mol. The van der Waals surface area contributed by atoms with E-state index in [0.717, 1.165) is 6.42 Å². The Labute approximate surface area is 245 Å². The van der Waals surface area contributed by atoms with E-state index in [4.69, 9.17) is 9.47 Å². The Kier molecular flexibility index (Phi) is 12.4. The van der Waals surface area contributed by atoms with Crippen molar-refractivity contribution in [1.82, 2.24) is 25.5 Å². The zero-order valence-electron chi connectivity index (χ0n) is 24.1. The van der Waals surface area contributed by atoms with Gasteiger partial charge in [-0.2, -0.15) is 0 Å². The van der Waals surface area contributed by atoms with E-state index in [-0.39, 0.29) is 31.2 Å². The van der Waals surface area contributed by atoms with E-state index in [1.165, 1.54) is 11.0 Å². The van der Waals surface area contributed by atoms with Crippen molar-refractivity contribution in [2.24, 2.45) is 0 Å². The van der Waals surface area contributed by atoms with E-state index in [9.17, 15) is 28.7 Å². The molecule has 0 spiro atoms. The second-order valence-corrected chi connectivity index (χ2v) is 11.6. The first-order valence-electron chi connectivity index (χ1n) is 13.7. The molecule has 14 nitrogen and oxygen atoms in total. The van der Waals surface area contributed by atoms with Gasteiger partial charge in [0.2, 0.25) is 0 Å². The molecule has 2 aromatic rings. The van der Waals surface area contributed by atoms with Crippen LogP contribution in [0.15, 0.2) is 36.4 Å². The fraction of sp³-hybridized carbons (Fsp3) is 0.519. The van der Waals surface area contributed by atoms with Gasteiger partial charge in [-0.05, 0) is 6.42 Å². The Balaban J connectivity index is 1.92. The van der Waals surface area contributed by atoms with Crippen molar-refractivity contribution >= 4 is 31.2 Å². The third kappa shape index (κ3) is 9.57. The van der Waals surface area contributed by atoms with Gasteiger partial charge in [-0.25, -0.2) is 14.8 Å². The highest BCUT2D eigenvalue weighted by atomic mass is 31.2. The summed E-state index contributed by atoms with van der Waals surface area (Å²) < 4.78 is 22.5. The third-order valence-corrected chi connectivity index (χ3v) is 7.44. The van der Waals surface area contributed by atoms with Gasteiger partial charge in [0.05, 0.1) is 19.4 Å². The smallest absolute Gasteiger partial charge is 0.410 e. The zero-order valence-corrected chi connectivity index (χ0v) is 25.0. The number of carbonyl (C=O) groups is 3. The molecule has 1 aromatic carbocycles. The second kappa shape index (κ2) is 15.7. The molecule has 4 N–H and O–H groups in total. The molecule has 1 aliphatic rings. The number of aromatic nitrogens is 2. The molecule has 0 saturated carbocycles. The van der Waals surface area contributed by atoms with Gasteiger partial charge in [0.1, 0.15) is 23.6 Å². The van der Waals surface area contributed by atoms with Crippen molar-refractivity contribution in [1.29, 1.82) is 0 Å². The number of carbonyl (C=O) groups excluding carboxylic acids is 3. The van der Waals surface area contributed by atoms with E-state index < -0.39 is 43.6 Å². The van der Waals surface area contributed by atoms with Crippen LogP contribution < -0.4 is 15.5 Å². The number of nitrogens with zero attached hydrogens (tertiary/aromatic N) is 4. The lowest BCUT2D eigenvalue weighted by atomic mass is 10.0. The molecular formula is C27H39N6O8P. The van der Waals surface area contributed by atoms with Crippen molar-refractivity contribution in [3.63, 3.8) is 0 Å². The van der Waals surface area contributed by atoms with Crippen LogP contribution in [0, 0.1) is 0 Å². The highest BCUT2D eigenvalue weighted by Gasteiger charge is 2.40. The van der Waals surface area contributed by atoms with Gasteiger partial charge in [-0.1, -0.05) is 43.7 Å². The Morgan fingerprint density at radius 1 is 1.21 bits per heavy atom. The summed E-state index contributed by atoms with van der Waals surface area (Å²) in [5, 5.41) is 5.49. The zero-order chi connectivity index (χ0) is 30.7. The molecule has 0 radical (unpaired) electrons. The van der Waals surface area contributed by atoms with Crippen LogP contribution in [0.2, 0.25) is 0 Å². The molecule has 1 fully saturated rings. The van der Waals surface area contributed by atoms with Gasteiger partial charge in [-0.3, -0.25) is 19.1 Å². The first-order chi connectivity index (χ1) is 20.0. The maximum Gasteiger partial charge on any atom is 0.410 e. The number of ketones is 1. The lowest BCUT2D eigenvalue weighted by molar-refractivity contribution is -0.125. The molecule has 2 atom stereocenters. The van der Waals surface area contributed by atoms with Crippen molar-refractivity contribution in [3.8, 4) is 11.4 Å². The number of anilines is 1. The molecule has 2 heterocycles. The van der Waals surface area contributed by atoms with Crippen molar-refractivity contribution < 1.29 is 38.2 Å². The van der Waals surface area contributed by atoms with E-state index in [1.54, 1.807) is 43.3 Å². The van der Waals surface area contributed by atoms with Crippen molar-refractivity contribution in [3.05, 3.63) is 42.1 Å². The number of piperazine rings is 1. The number of ether oxygens (including phenoxy) is 2. The second-order valence-electron chi connectivity index (χ2n) is 9.87. The molecule has 3 rings (SSSR count). The third-order valence-electron chi connectivity index (χ3n) is 6.60. The number of unbranched alkanes of at least 4 members (excludes halogenated alkanes) is 1. The summed E-state index contributed by atoms with van der Waals surface area (Å²) in [5.74, 6) is -0.913. The average Bonchev–Trinajstić information content (AvgIpc) is 2.98. The number of Topliss-reactive ketones (excluding diaryl/α,β-unsaturated/α-hetero) is 1. The molecule has 15 heteroatoms. The predicted octanol–water partition coefficient (Wildman–Crippen LogP) is 1.28. The summed E-state index contributed by atoms with van der Waals surface area (Å²) >= 11 is 0. The van der Waals surface area contributed by atoms with Gasteiger partial charge in [0, 0.05) is 52.0 Å². The minimum absolute atomic E-state index is 0.0370. The SMILES string of the molecule is CCCCOC(=O)N1CCNCC1C(=O)[C@H](CP(=O)(O)O)NC(=O)c1cc(N(C)CCOC)nc(-c2ccccc2)n1. The fourth-order valence-corrected chi connectivity index (χ4v) is 5.03. The molecule has 1 saturated heterocycles. The molecule has 0 bridgehead atoms. The molecule has 0 aliphatic carbocycles. The molecule has 2 amide bonds. The predicted molar refractivity (Wildman–Crippen MR) is 155 cm³/mol. The Morgan fingerprint density at radius 3 is 2.62 bits per heavy atom. The van der Waals surface area contributed by atoms with Gasteiger partial charge in [0.25, 0.3) is 5.91 Å². The number of nitrogens with one attached hydrogen (secondary N) is 2. The largest absolute Gasteiger partial charge is 0.449 e. The van der Waals surface area contributed by atoms with Crippen LogP contribution in [-0.2, 0) is 18.8 Å². The summed E-state index contributed by atoms with van der Waals surface area (Å²) in [6.07, 6.45) is -0.187. The topological polar surface area (TPSA) is 184 Å². The van der Waals surface area contributed by atoms with Crippen molar-refractivity contribution in [2.45, 2.75) is 31.8 Å². The summed E-state index contributed by atoms with van der Waals surface area (Å²) in [6.45, 7) is 3.58. The Morgan fingerprint density at radius 2 is 1.95 bits per heavy atom. The van der Waals surface area contributed by atoms with Crippen LogP contribution in [0.4, 0.5) is 10.6 Å². The minimum Gasteiger partial charge on any atom is -0.449 e. The standard InChI is InChI=1S/C27H39N6O8P/c1-4-5-14-41-27(36)33-12-11-28-17-22(33)24(34)21(18-42(37,38)39)30-26(35)20-16-23(32(2)13-15-40-3)31-25(29-20)19-9-7-6-8-10-19/h6-10,16,21-22,28H,4-5,11-15,17-18H2,1-3H3,(H,30,35)(H2,37,38,39)/t21-,22?/m0/s1. The van der Waals surface area contributed by atoms with Crippen molar-refractivity contribution in [2.75, 3.05) is 64.6 Å². The van der Waals surface area contributed by atoms with Crippen LogP contribution >= 0.6 is 7.60 Å². The molecular weight excluding hydrogens is 567 g/mol. The Bertz CT molecular complexity index is 1260. The van der Waals surface area contributed by atoms with Crippen LogP contribution in [0.3, 0.4) is 0 Å². The van der Waals surface area contributed by atoms with Crippen LogP contribution in [-0.4, -0.2) is 114 Å². The molecule has 230 valence electrons. The summed E-state index contributed by atoms with van der Waals surface area (Å²) in [5.41, 5.74) is 0.533. The normalized spacial score (nSPS) is 16.0. The Hall–Kier alpha value is -3.42. The number of hydrogen-bond acceptors (Lipinski definition) is 10. The highest BCUT2D eigenvalue weighted by Crippen LogP contribution is 2.35. The quantitative estimate of drug-likeness (QED) is 0.179. The minimum atomic E-state index is -4.78. The van der Waals surface area contributed by atoms with Gasteiger partial charge in [-0.15, -0.1) is 0 Å². The van der Waals surface area contributed by atoms with Crippen LogP contribution in [0.5, 0.6) is 0 Å². The maximum atomic E-state index is 13.7. The lowest BCUT2D eigenvalue weighted by Crippen LogP contribution is -2.61.